The molecule has 23 heavy (non-hydrogen) atoms. The minimum absolute atomic E-state index is 0.178. The maximum Gasteiger partial charge on any atom is 0.268 e. The molecule has 1 aliphatic heterocycles. The highest BCUT2D eigenvalue weighted by Crippen LogP contribution is 2.45. The van der Waals surface area contributed by atoms with Gasteiger partial charge in [0.1, 0.15) is 0 Å². The molecule has 1 unspecified atom stereocenters. The zero-order valence-corrected chi connectivity index (χ0v) is 13.5. The molecule has 0 saturated carbocycles. The molecule has 1 aliphatic rings. The standard InChI is InChI=1S/C17H12Cl2N2O2/c18-13-7-6-11(10-14(13)19)17(23)12-4-1-2-5-15(12)21(16(17)22)9-3-8-20/h1-2,4-7,10,23H,3,9H2. The molecule has 6 heteroatoms. The van der Waals surface area contributed by atoms with E-state index < -0.39 is 11.5 Å². The van der Waals surface area contributed by atoms with E-state index in [-0.39, 0.29) is 18.0 Å². The molecule has 116 valence electrons. The lowest BCUT2D eigenvalue weighted by atomic mass is 9.87. The Balaban J connectivity index is 2.16. The Morgan fingerprint density at radius 1 is 1.17 bits per heavy atom. The van der Waals surface area contributed by atoms with Gasteiger partial charge >= 0.3 is 0 Å². The number of nitriles is 1. The van der Waals surface area contributed by atoms with Crippen molar-refractivity contribution in [2.75, 3.05) is 11.4 Å². The first-order valence-corrected chi connectivity index (χ1v) is 7.72. The summed E-state index contributed by atoms with van der Waals surface area (Å²) in [5, 5.41) is 20.6. The lowest BCUT2D eigenvalue weighted by molar-refractivity contribution is -0.132. The molecular formula is C17H12Cl2N2O2. The predicted octanol–water partition coefficient (Wildman–Crippen LogP) is 3.49. The Morgan fingerprint density at radius 2 is 1.91 bits per heavy atom. The van der Waals surface area contributed by atoms with Crippen LogP contribution in [-0.4, -0.2) is 17.6 Å². The smallest absolute Gasteiger partial charge is 0.268 e. The van der Waals surface area contributed by atoms with E-state index >= 15 is 0 Å². The van der Waals surface area contributed by atoms with Gasteiger partial charge in [-0.25, -0.2) is 0 Å². The number of para-hydroxylation sites is 1. The third-order valence-corrected chi connectivity index (χ3v) is 4.66. The van der Waals surface area contributed by atoms with Crippen LogP contribution in [0.2, 0.25) is 10.0 Å². The molecule has 0 spiro atoms. The Kier molecular flexibility index (Phi) is 4.03. The maximum absolute atomic E-state index is 12.9. The SMILES string of the molecule is N#CCCN1C(=O)C(O)(c2ccc(Cl)c(Cl)c2)c2ccccc21. The largest absolute Gasteiger partial charge is 0.372 e. The Bertz CT molecular complexity index is 832. The first-order chi connectivity index (χ1) is 11.0. The summed E-state index contributed by atoms with van der Waals surface area (Å²) in [7, 11) is 0. The second kappa shape index (κ2) is 5.86. The minimum Gasteiger partial charge on any atom is -0.372 e. The predicted molar refractivity (Wildman–Crippen MR) is 88.5 cm³/mol. The van der Waals surface area contributed by atoms with E-state index in [1.807, 2.05) is 6.07 Å². The number of carbonyl (C=O) groups is 1. The van der Waals surface area contributed by atoms with Crippen LogP contribution >= 0.6 is 23.2 Å². The normalized spacial score (nSPS) is 19.6. The molecule has 1 N–H and O–H groups in total. The third kappa shape index (κ3) is 2.38. The summed E-state index contributed by atoms with van der Waals surface area (Å²) in [4.78, 5) is 14.3. The summed E-state index contributed by atoms with van der Waals surface area (Å²) >= 11 is 12.0. The number of hydrogen-bond acceptors (Lipinski definition) is 3. The van der Waals surface area contributed by atoms with Crippen molar-refractivity contribution in [3.05, 3.63) is 63.6 Å². The van der Waals surface area contributed by atoms with Crippen molar-refractivity contribution < 1.29 is 9.90 Å². The number of anilines is 1. The first kappa shape index (κ1) is 15.8. The van der Waals surface area contributed by atoms with Crippen molar-refractivity contribution in [1.29, 1.82) is 5.26 Å². The molecule has 2 aromatic carbocycles. The number of nitrogens with zero attached hydrogens (tertiary/aromatic N) is 2. The van der Waals surface area contributed by atoms with Crippen LogP contribution in [0.15, 0.2) is 42.5 Å². The van der Waals surface area contributed by atoms with Gasteiger partial charge in [0.05, 0.1) is 28.2 Å². The van der Waals surface area contributed by atoms with Crippen LogP contribution in [0.5, 0.6) is 0 Å². The van der Waals surface area contributed by atoms with E-state index in [1.54, 1.807) is 36.4 Å². The molecule has 2 aromatic rings. The second-order valence-electron chi connectivity index (χ2n) is 5.22. The van der Waals surface area contributed by atoms with Crippen molar-refractivity contribution in [3.63, 3.8) is 0 Å². The van der Waals surface area contributed by atoms with Crippen LogP contribution in [-0.2, 0) is 10.4 Å². The molecule has 0 saturated heterocycles. The van der Waals surface area contributed by atoms with Crippen LogP contribution in [0.3, 0.4) is 0 Å². The number of benzene rings is 2. The molecule has 1 atom stereocenters. The molecule has 0 radical (unpaired) electrons. The Labute approximate surface area is 143 Å². The van der Waals surface area contributed by atoms with Gasteiger partial charge in [0.15, 0.2) is 5.60 Å². The number of halogens is 2. The lowest BCUT2D eigenvalue weighted by Gasteiger charge is -2.23. The quantitative estimate of drug-likeness (QED) is 0.924. The van der Waals surface area contributed by atoms with Crippen LogP contribution < -0.4 is 4.90 Å². The molecule has 0 aromatic heterocycles. The van der Waals surface area contributed by atoms with Gasteiger partial charge < -0.3 is 10.0 Å². The van der Waals surface area contributed by atoms with Gasteiger partial charge in [-0.3, -0.25) is 4.79 Å². The van der Waals surface area contributed by atoms with E-state index in [0.717, 1.165) is 0 Å². The van der Waals surface area contributed by atoms with Crippen molar-refractivity contribution in [2.24, 2.45) is 0 Å². The monoisotopic (exact) mass is 346 g/mol. The highest BCUT2D eigenvalue weighted by molar-refractivity contribution is 6.42. The van der Waals surface area contributed by atoms with Gasteiger partial charge in [0, 0.05) is 12.1 Å². The van der Waals surface area contributed by atoms with Gasteiger partial charge in [-0.05, 0) is 23.8 Å². The zero-order valence-electron chi connectivity index (χ0n) is 12.0. The van der Waals surface area contributed by atoms with E-state index in [4.69, 9.17) is 28.5 Å². The van der Waals surface area contributed by atoms with Crippen molar-refractivity contribution in [1.82, 2.24) is 0 Å². The van der Waals surface area contributed by atoms with Crippen LogP contribution in [0, 0.1) is 11.3 Å². The third-order valence-electron chi connectivity index (χ3n) is 3.92. The second-order valence-corrected chi connectivity index (χ2v) is 6.04. The van der Waals surface area contributed by atoms with Crippen LogP contribution in [0.25, 0.3) is 0 Å². The van der Waals surface area contributed by atoms with E-state index in [2.05, 4.69) is 0 Å². The molecule has 0 bridgehead atoms. The highest BCUT2D eigenvalue weighted by atomic mass is 35.5. The first-order valence-electron chi connectivity index (χ1n) is 6.96. The van der Waals surface area contributed by atoms with E-state index in [1.165, 1.54) is 11.0 Å². The Hall–Kier alpha value is -2.06. The summed E-state index contributed by atoms with van der Waals surface area (Å²) in [6.45, 7) is 0.218. The average Bonchev–Trinajstić information content (AvgIpc) is 2.78. The number of carbonyl (C=O) groups excluding carboxylic acids is 1. The summed E-state index contributed by atoms with van der Waals surface area (Å²) in [6, 6.07) is 13.6. The zero-order chi connectivity index (χ0) is 16.6. The topological polar surface area (TPSA) is 64.3 Å². The van der Waals surface area contributed by atoms with E-state index in [9.17, 15) is 9.90 Å². The maximum atomic E-state index is 12.9. The molecular weight excluding hydrogens is 335 g/mol. The number of amides is 1. The molecule has 1 amide bonds. The lowest BCUT2D eigenvalue weighted by Crippen LogP contribution is -2.41. The van der Waals surface area contributed by atoms with Crippen molar-refractivity contribution in [2.45, 2.75) is 12.0 Å². The fourth-order valence-corrected chi connectivity index (χ4v) is 3.12. The molecule has 0 aliphatic carbocycles. The van der Waals surface area contributed by atoms with Crippen LogP contribution in [0.1, 0.15) is 17.5 Å². The average molecular weight is 347 g/mol. The summed E-state index contributed by atoms with van der Waals surface area (Å²) < 4.78 is 0. The van der Waals surface area contributed by atoms with E-state index in [0.29, 0.717) is 21.8 Å². The van der Waals surface area contributed by atoms with Crippen molar-refractivity contribution >= 4 is 34.8 Å². The molecule has 4 nitrogen and oxygen atoms in total. The van der Waals surface area contributed by atoms with Gasteiger partial charge in [-0.1, -0.05) is 47.5 Å². The summed E-state index contributed by atoms with van der Waals surface area (Å²) in [6.07, 6.45) is 0.178. The summed E-state index contributed by atoms with van der Waals surface area (Å²) in [5.41, 5.74) is -0.410. The van der Waals surface area contributed by atoms with Crippen LogP contribution in [0.4, 0.5) is 5.69 Å². The van der Waals surface area contributed by atoms with Gasteiger partial charge in [-0.2, -0.15) is 5.26 Å². The minimum atomic E-state index is -1.83. The number of rotatable bonds is 3. The number of fused-ring (bicyclic) bond motifs is 1. The molecule has 0 fully saturated rings. The highest BCUT2D eigenvalue weighted by Gasteiger charge is 2.50. The summed E-state index contributed by atoms with van der Waals surface area (Å²) in [5.74, 6) is -0.493. The number of hydrogen-bond donors (Lipinski definition) is 1. The van der Waals surface area contributed by atoms with Gasteiger partial charge in [-0.15, -0.1) is 0 Å². The number of aliphatic hydroxyl groups is 1. The van der Waals surface area contributed by atoms with Gasteiger partial charge in [0.2, 0.25) is 0 Å². The molecule has 1 heterocycles. The fraction of sp³-hybridized carbons (Fsp3) is 0.176. The fourth-order valence-electron chi connectivity index (χ4n) is 2.82. The molecule has 3 rings (SSSR count). The van der Waals surface area contributed by atoms with Gasteiger partial charge in [0.25, 0.3) is 5.91 Å². The Morgan fingerprint density at radius 3 is 2.61 bits per heavy atom. The van der Waals surface area contributed by atoms with Crippen molar-refractivity contribution in [3.8, 4) is 6.07 Å².